The monoisotopic (exact) mass is 491 g/mol. The van der Waals surface area contributed by atoms with Crippen LogP contribution in [-0.4, -0.2) is 41.5 Å². The number of hydrogen-bond donors (Lipinski definition) is 1. The number of hydrogen-bond acceptors (Lipinski definition) is 4. The number of nitrogens with two attached hydrogens (primary N) is 1. The summed E-state index contributed by atoms with van der Waals surface area (Å²) in [5.41, 5.74) is 7.66. The zero-order chi connectivity index (χ0) is 24.8. The molecule has 2 heterocycles. The van der Waals surface area contributed by atoms with Gasteiger partial charge in [-0.15, -0.1) is 0 Å². The summed E-state index contributed by atoms with van der Waals surface area (Å²) in [6.07, 6.45) is 4.22. The van der Waals surface area contributed by atoms with E-state index in [0.29, 0.717) is 5.92 Å². The number of ether oxygens (including phenoxy) is 1. The molecule has 1 aromatic rings. The highest BCUT2D eigenvalue weighted by Crippen LogP contribution is 2.60. The van der Waals surface area contributed by atoms with E-state index in [-0.39, 0.29) is 34.2 Å². The van der Waals surface area contributed by atoms with E-state index in [1.165, 1.54) is 5.56 Å². The fraction of sp³-hybridized carbons (Fsp3) is 0.778. The molecule has 0 aliphatic carbocycles. The van der Waals surface area contributed by atoms with Gasteiger partial charge in [0.2, 0.25) is 0 Å². The number of nitrogen functional groups attached to an aromatic ring is 1. The molecule has 6 heteroatoms. The predicted octanol–water partition coefficient (Wildman–Crippen LogP) is 6.26. The van der Waals surface area contributed by atoms with Crippen LogP contribution in [0.4, 0.5) is 5.69 Å². The molecule has 2 fully saturated rings. The van der Waals surface area contributed by atoms with E-state index in [4.69, 9.17) is 19.3 Å². The third-order valence-corrected chi connectivity index (χ3v) is 8.95. The maximum Gasteiger partial charge on any atom is 0.171 e. The van der Waals surface area contributed by atoms with E-state index in [2.05, 4.69) is 79.9 Å². The second-order valence-electron chi connectivity index (χ2n) is 13.4. The Labute approximate surface area is 206 Å². The average molecular weight is 492 g/mol. The van der Waals surface area contributed by atoms with E-state index >= 15 is 0 Å². The minimum Gasteiger partial charge on any atom is -0.414 e. The van der Waals surface area contributed by atoms with Crippen LogP contribution in [0, 0.1) is 10.8 Å². The molecule has 0 aromatic heterocycles. The SMILES string of the molecule is C[SiH](C)OC(C(C)(C)C)C12CCC(C(O[SiH](C)C)C(C)(C)C)(CC(c3ccc(N)cc3)C1)O2. The van der Waals surface area contributed by atoms with Gasteiger partial charge in [0, 0.05) is 5.69 Å². The molecule has 33 heavy (non-hydrogen) atoms. The quantitative estimate of drug-likeness (QED) is 0.361. The first kappa shape index (κ1) is 26.9. The van der Waals surface area contributed by atoms with Gasteiger partial charge < -0.3 is 19.3 Å². The number of anilines is 1. The summed E-state index contributed by atoms with van der Waals surface area (Å²) in [6.45, 7) is 23.0. The van der Waals surface area contributed by atoms with Crippen molar-refractivity contribution in [1.82, 2.24) is 0 Å². The largest absolute Gasteiger partial charge is 0.414 e. The van der Waals surface area contributed by atoms with Gasteiger partial charge in [-0.25, -0.2) is 0 Å². The number of rotatable bonds is 7. The van der Waals surface area contributed by atoms with Gasteiger partial charge >= 0.3 is 0 Å². The Morgan fingerprint density at radius 3 is 1.55 bits per heavy atom. The van der Waals surface area contributed by atoms with Crippen molar-refractivity contribution >= 4 is 23.8 Å². The molecular formula is C27H49NO3Si2. The van der Waals surface area contributed by atoms with Gasteiger partial charge in [0.25, 0.3) is 0 Å². The van der Waals surface area contributed by atoms with Gasteiger partial charge in [0.15, 0.2) is 18.1 Å². The lowest BCUT2D eigenvalue weighted by atomic mass is 9.69. The van der Waals surface area contributed by atoms with Crippen LogP contribution in [0.1, 0.15) is 78.7 Å². The Kier molecular flexibility index (Phi) is 7.68. The number of fused-ring (bicyclic) bond motifs is 2. The van der Waals surface area contributed by atoms with E-state index < -0.39 is 18.1 Å². The molecule has 0 saturated carbocycles. The van der Waals surface area contributed by atoms with Crippen LogP contribution in [0.3, 0.4) is 0 Å². The molecule has 2 aliphatic heterocycles. The third-order valence-electron chi connectivity index (χ3n) is 7.31. The first-order valence-corrected chi connectivity index (χ1v) is 18.5. The highest BCUT2D eigenvalue weighted by molar-refractivity contribution is 6.48. The molecule has 4 nitrogen and oxygen atoms in total. The molecule has 2 N–H and O–H groups in total. The van der Waals surface area contributed by atoms with Gasteiger partial charge in [0.1, 0.15) is 0 Å². The summed E-state index contributed by atoms with van der Waals surface area (Å²) < 4.78 is 21.1. The van der Waals surface area contributed by atoms with Crippen molar-refractivity contribution < 1.29 is 13.6 Å². The standard InChI is InChI=1S/C27H49NO3Si2/c1-24(2,3)22(29-32(7)8)26-15-16-27(31-26,23(25(4,5)6)30-33(9)10)18-20(17-26)19-11-13-21(28)14-12-19/h11-14,20,22-23,32-33H,15-18,28H2,1-10H3. The molecular weight excluding hydrogens is 442 g/mol. The van der Waals surface area contributed by atoms with Crippen LogP contribution < -0.4 is 5.73 Å². The molecule has 0 spiro atoms. The summed E-state index contributed by atoms with van der Waals surface area (Å²) in [5, 5.41) is 0. The van der Waals surface area contributed by atoms with Gasteiger partial charge in [-0.1, -0.05) is 53.7 Å². The third kappa shape index (κ3) is 5.77. The molecule has 4 unspecified atom stereocenters. The van der Waals surface area contributed by atoms with E-state index in [9.17, 15) is 0 Å². The summed E-state index contributed by atoms with van der Waals surface area (Å²) in [5.74, 6) is 0.409. The topological polar surface area (TPSA) is 53.7 Å². The lowest BCUT2D eigenvalue weighted by molar-refractivity contribution is -0.240. The Morgan fingerprint density at radius 1 is 0.818 bits per heavy atom. The molecule has 0 amide bonds. The van der Waals surface area contributed by atoms with Crippen molar-refractivity contribution in [2.75, 3.05) is 5.73 Å². The van der Waals surface area contributed by atoms with E-state index in [1.807, 2.05) is 12.1 Å². The van der Waals surface area contributed by atoms with Crippen LogP contribution >= 0.6 is 0 Å². The van der Waals surface area contributed by atoms with Gasteiger partial charge in [-0.2, -0.15) is 0 Å². The highest BCUT2D eigenvalue weighted by atomic mass is 28.3. The Morgan fingerprint density at radius 2 is 1.21 bits per heavy atom. The van der Waals surface area contributed by atoms with Crippen LogP contribution in [0.15, 0.2) is 24.3 Å². The van der Waals surface area contributed by atoms with Crippen molar-refractivity contribution in [2.45, 2.75) is 123 Å². The second-order valence-corrected chi connectivity index (χ2v) is 18.1. The smallest absolute Gasteiger partial charge is 0.171 e. The summed E-state index contributed by atoms with van der Waals surface area (Å²) in [7, 11) is -2.53. The summed E-state index contributed by atoms with van der Waals surface area (Å²) in [4.78, 5) is 0. The molecule has 3 rings (SSSR count). The van der Waals surface area contributed by atoms with Crippen LogP contribution in [-0.2, 0) is 13.6 Å². The molecule has 0 radical (unpaired) electrons. The Hall–Kier alpha value is -0.666. The second kappa shape index (κ2) is 9.42. The fourth-order valence-corrected chi connectivity index (χ4v) is 8.89. The maximum atomic E-state index is 7.40. The van der Waals surface area contributed by atoms with Crippen molar-refractivity contribution in [3.63, 3.8) is 0 Å². The van der Waals surface area contributed by atoms with Crippen molar-refractivity contribution in [1.29, 1.82) is 0 Å². The first-order chi connectivity index (χ1) is 15.1. The lowest BCUT2D eigenvalue weighted by Crippen LogP contribution is -2.61. The van der Waals surface area contributed by atoms with Crippen molar-refractivity contribution in [2.24, 2.45) is 10.8 Å². The lowest BCUT2D eigenvalue weighted by Gasteiger charge is -2.55. The van der Waals surface area contributed by atoms with Gasteiger partial charge in [-0.3, -0.25) is 0 Å². The maximum absolute atomic E-state index is 7.40. The van der Waals surface area contributed by atoms with Crippen molar-refractivity contribution in [3.05, 3.63) is 29.8 Å². The normalized spacial score (nSPS) is 30.1. The minimum absolute atomic E-state index is 0.00123. The molecule has 2 aliphatic rings. The van der Waals surface area contributed by atoms with E-state index in [0.717, 1.165) is 31.4 Å². The van der Waals surface area contributed by atoms with Gasteiger partial charge in [0.05, 0.1) is 23.4 Å². The molecule has 1 aromatic carbocycles. The zero-order valence-corrected chi connectivity index (χ0v) is 25.1. The fourth-order valence-electron chi connectivity index (χ4n) is 6.49. The van der Waals surface area contributed by atoms with Crippen LogP contribution in [0.5, 0.6) is 0 Å². The zero-order valence-electron chi connectivity index (χ0n) is 22.8. The first-order valence-electron chi connectivity index (χ1n) is 12.9. The summed E-state index contributed by atoms with van der Waals surface area (Å²) >= 11 is 0. The van der Waals surface area contributed by atoms with Crippen LogP contribution in [0.25, 0.3) is 0 Å². The highest BCUT2D eigenvalue weighted by Gasteiger charge is 2.64. The Bertz CT molecular complexity index is 755. The van der Waals surface area contributed by atoms with E-state index in [1.54, 1.807) is 0 Å². The average Bonchev–Trinajstić information content (AvgIpc) is 2.94. The molecule has 4 atom stereocenters. The Balaban J connectivity index is 2.12. The number of benzene rings is 1. The minimum atomic E-state index is -1.26. The molecule has 2 saturated heterocycles. The van der Waals surface area contributed by atoms with Crippen LogP contribution in [0.2, 0.25) is 26.2 Å². The van der Waals surface area contributed by atoms with Gasteiger partial charge in [-0.05, 0) is 86.3 Å². The molecule has 188 valence electrons. The van der Waals surface area contributed by atoms with Crippen molar-refractivity contribution in [3.8, 4) is 0 Å². The molecule has 2 bridgehead atoms. The predicted molar refractivity (Wildman–Crippen MR) is 145 cm³/mol. The summed E-state index contributed by atoms with van der Waals surface area (Å²) in [6, 6.07) is 8.54.